The fourth-order valence-corrected chi connectivity index (χ4v) is 0. The van der Waals surface area contributed by atoms with Gasteiger partial charge in [0.1, 0.15) is 0 Å². The second-order valence-electron chi connectivity index (χ2n) is 3.21. The van der Waals surface area contributed by atoms with Crippen LogP contribution in [0.2, 0.25) is 0 Å². The fraction of sp³-hybridized carbons (Fsp3) is 0. The van der Waals surface area contributed by atoms with Crippen LogP contribution in [0.15, 0.2) is 0 Å². The quantitative estimate of drug-likeness (QED) is 0.235. The molecule has 23 heavy (non-hydrogen) atoms. The molecule has 0 saturated carbocycles. The van der Waals surface area contributed by atoms with Crippen molar-refractivity contribution in [1.29, 1.82) is 0 Å². The molecule has 0 aromatic carbocycles. The summed E-state index contributed by atoms with van der Waals surface area (Å²) in [7, 11) is 0. The molecule has 23 heteroatoms. The number of halogens is 18. The van der Waals surface area contributed by atoms with Crippen LogP contribution in [0.4, 0.5) is 55.7 Å². The van der Waals surface area contributed by atoms with E-state index in [0.29, 0.717) is 0 Å². The van der Waals surface area contributed by atoms with Gasteiger partial charge < -0.3 is 0 Å². The standard InChI is InChI=1S/2Al.18FH.3Ti/h;;18*1H;;;/q2*+3;;;;;;;;;;;;;;;;;;;3*+4/p-18. The van der Waals surface area contributed by atoms with Gasteiger partial charge in [-0.1, -0.05) is 0 Å². The Bertz CT molecular complexity index is 269. The fourth-order valence-electron chi connectivity index (χ4n) is 0. The third-order valence-corrected chi connectivity index (χ3v) is 0. The van der Waals surface area contributed by atoms with Gasteiger partial charge in [-0.2, -0.15) is 0 Å². The zero-order chi connectivity index (χ0) is 19.2. The molecule has 0 amide bonds. The first-order valence-electron chi connectivity index (χ1n) is 3.40. The summed E-state index contributed by atoms with van der Waals surface area (Å²) in [4.78, 5) is 0. The Hall–Kier alpha value is 1.95. The van der Waals surface area contributed by atoms with Gasteiger partial charge in [0.05, 0.1) is 0 Å². The van der Waals surface area contributed by atoms with E-state index in [0.717, 1.165) is 0 Å². The molecule has 0 aromatic heterocycles. The molecule has 0 heterocycles. The first-order chi connectivity index (χ1) is 7.35. The van der Waals surface area contributed by atoms with Crippen molar-refractivity contribution in [2.45, 2.75) is 0 Å². The maximum absolute atomic E-state index is 11.2. The van der Waals surface area contributed by atoms with Crippen molar-refractivity contribution in [2.75, 3.05) is 0 Å². The molecule has 0 bridgehead atoms. The maximum atomic E-state index is 9.92. The first kappa shape index (κ1) is 36.0. The van der Waals surface area contributed by atoms with Gasteiger partial charge in [-0.3, -0.25) is 0 Å². The van der Waals surface area contributed by atoms with Gasteiger partial charge in [-0.05, 0) is 0 Å². The van der Waals surface area contributed by atoms with Crippen molar-refractivity contribution < 1.29 is 107 Å². The van der Waals surface area contributed by atoms with Gasteiger partial charge >= 0.3 is 142 Å². The molecule has 0 aromatic rings. The van der Waals surface area contributed by atoms with Crippen LogP contribution in [0.25, 0.3) is 0 Å². The minimum absolute atomic E-state index is 0. The number of rotatable bonds is 0. The molecule has 144 valence electrons. The predicted octanol–water partition coefficient (Wildman–Crippen LogP) is 6.79. The Balaban J connectivity index is -0.0000000675. The van der Waals surface area contributed by atoms with Crippen molar-refractivity contribution in [1.82, 2.24) is 0 Å². The molecule has 0 saturated heterocycles. The summed E-state index contributed by atoms with van der Waals surface area (Å²) in [6.45, 7) is 0. The average Bonchev–Trinajstić information content (AvgIpc) is 1.19. The van der Waals surface area contributed by atoms with E-state index < -0.39 is 51.7 Å². The Kier molecular flexibility index (Phi) is 8.94. The summed E-state index contributed by atoms with van der Waals surface area (Å²) in [5.74, 6) is 0. The molecule has 0 rings (SSSR count). The molecule has 0 nitrogen and oxygen atoms in total. The van der Waals surface area contributed by atoms with Gasteiger partial charge in [-0.15, -0.1) is 0 Å². The minimum atomic E-state index is -11.2. The summed E-state index contributed by atoms with van der Waals surface area (Å²) in [5, 5.41) is 0. The van der Waals surface area contributed by atoms with Gasteiger partial charge in [0.25, 0.3) is 0 Å². The van der Waals surface area contributed by atoms with Crippen LogP contribution in [0, 0.1) is 0 Å². The van der Waals surface area contributed by atoms with E-state index in [-0.39, 0.29) is 34.7 Å². The van der Waals surface area contributed by atoms with E-state index >= 15 is 0 Å². The first-order valence-corrected chi connectivity index (χ1v) is 14.0. The second kappa shape index (κ2) is 5.72. The molecule has 0 aliphatic carbocycles. The number of hydrogen-bond donors (Lipinski definition) is 0. The van der Waals surface area contributed by atoms with Crippen LogP contribution < -0.4 is 0 Å². The van der Waals surface area contributed by atoms with E-state index in [4.69, 9.17) is 0 Å². The van der Waals surface area contributed by atoms with Gasteiger partial charge in [0, 0.05) is 0 Å². The summed E-state index contributed by atoms with van der Waals surface area (Å²) < 4.78 is 178. The summed E-state index contributed by atoms with van der Waals surface area (Å²) in [6, 6.07) is 0. The molecule has 0 spiro atoms. The molecule has 0 unspecified atom stereocenters. The van der Waals surface area contributed by atoms with Gasteiger partial charge in [0.15, 0.2) is 0 Å². The molecule has 0 N–H and O–H groups in total. The van der Waals surface area contributed by atoms with Crippen LogP contribution in [-0.4, -0.2) is 34.7 Å². The average molecular weight is 540 g/mol. The van der Waals surface area contributed by atoms with E-state index in [2.05, 4.69) is 0 Å². The van der Waals surface area contributed by atoms with Crippen molar-refractivity contribution >= 4 is 34.7 Å². The molecule has 0 aliphatic rings. The van der Waals surface area contributed by atoms with Gasteiger partial charge in [0.2, 0.25) is 0 Å². The normalized spacial score (nSPS) is 21.1. The van der Waals surface area contributed by atoms with Crippen molar-refractivity contribution in [3.05, 3.63) is 0 Å². The van der Waals surface area contributed by atoms with Crippen molar-refractivity contribution in [3.63, 3.8) is 0 Å². The summed E-state index contributed by atoms with van der Waals surface area (Å²) >= 11 is -33.5. The van der Waals surface area contributed by atoms with Crippen LogP contribution in [0.3, 0.4) is 0 Å². The SMILES string of the molecule is [Al+3].[Al+3].[F][Ti-2]([F])([F])([F])([F])[F].[F][Ti-2]([F])([F])([F])([F])[F].[F][Ti-2]([F])([F])([F])([F])[F]. The van der Waals surface area contributed by atoms with Gasteiger partial charge in [-0.25, -0.2) is 0 Å². The Labute approximate surface area is 141 Å². The van der Waals surface area contributed by atoms with E-state index in [1.54, 1.807) is 0 Å². The van der Waals surface area contributed by atoms with Crippen molar-refractivity contribution in [3.8, 4) is 0 Å². The topological polar surface area (TPSA) is 0 Å². The third-order valence-electron chi connectivity index (χ3n) is 0. The summed E-state index contributed by atoms with van der Waals surface area (Å²) in [5.41, 5.74) is 0. The van der Waals surface area contributed by atoms with Crippen LogP contribution in [-0.2, 0) is 51.7 Å². The number of hydrogen-bond acceptors (Lipinski definition) is 0. The van der Waals surface area contributed by atoms with Crippen molar-refractivity contribution in [2.24, 2.45) is 0 Å². The molecule has 0 fully saturated rings. The summed E-state index contributed by atoms with van der Waals surface area (Å²) in [6.07, 6.45) is 0. The van der Waals surface area contributed by atoms with E-state index in [9.17, 15) is 55.7 Å². The zero-order valence-electron chi connectivity index (χ0n) is 9.46. The Morgan fingerprint density at radius 1 is 0.217 bits per heavy atom. The van der Waals surface area contributed by atoms with Crippen LogP contribution in [0.5, 0.6) is 0 Å². The molecule has 0 atom stereocenters. The molecular weight excluding hydrogens is 540 g/mol. The Morgan fingerprint density at radius 3 is 0.217 bits per heavy atom. The van der Waals surface area contributed by atoms with E-state index in [1.165, 1.54) is 0 Å². The molecule has 0 radical (unpaired) electrons. The second-order valence-corrected chi connectivity index (χ2v) is 13.3. The predicted molar refractivity (Wildman–Crippen MR) is 31.5 cm³/mol. The monoisotopic (exact) mass is 540 g/mol. The molecule has 0 aliphatic heterocycles. The zero-order valence-corrected chi connectivity index (χ0v) is 16.5. The van der Waals surface area contributed by atoms with E-state index in [1.807, 2.05) is 0 Å². The third kappa shape index (κ3) is 3040. The van der Waals surface area contributed by atoms with Crippen LogP contribution in [0.1, 0.15) is 0 Å². The molecular formula is Al2F18Ti3. The Morgan fingerprint density at radius 2 is 0.217 bits per heavy atom. The van der Waals surface area contributed by atoms with Crippen LogP contribution >= 0.6 is 0 Å².